The second kappa shape index (κ2) is 10.2. The molecule has 0 bridgehead atoms. The van der Waals surface area contributed by atoms with E-state index in [1.54, 1.807) is 19.2 Å². The van der Waals surface area contributed by atoms with Crippen LogP contribution < -0.4 is 9.47 Å². The van der Waals surface area contributed by atoms with Crippen LogP contribution in [0.1, 0.15) is 36.1 Å². The SMILES string of the molecule is CCOc1cc2c(cc1OC)CCN(C(=O)N1CCOCC1)C2CCc1c[nH]c2ccc(F)cc12. The Labute approximate surface area is 204 Å². The van der Waals surface area contributed by atoms with E-state index in [1.165, 1.54) is 11.6 Å². The van der Waals surface area contributed by atoms with Crippen LogP contribution in [0.15, 0.2) is 36.5 Å². The first-order valence-electron chi connectivity index (χ1n) is 12.3. The third-order valence-electron chi connectivity index (χ3n) is 7.03. The number of amides is 2. The summed E-state index contributed by atoms with van der Waals surface area (Å²) in [6.07, 6.45) is 4.12. The molecule has 1 aromatic heterocycles. The van der Waals surface area contributed by atoms with E-state index in [0.717, 1.165) is 28.5 Å². The zero-order chi connectivity index (χ0) is 24.4. The number of nitrogens with zero attached hydrogens (tertiary/aromatic N) is 2. The number of H-pyrrole nitrogens is 1. The molecule has 0 aliphatic carbocycles. The Morgan fingerprint density at radius 2 is 2.00 bits per heavy atom. The molecule has 2 aliphatic rings. The fourth-order valence-electron chi connectivity index (χ4n) is 5.26. The molecule has 1 N–H and O–H groups in total. The fourth-order valence-corrected chi connectivity index (χ4v) is 5.26. The Balaban J connectivity index is 1.49. The van der Waals surface area contributed by atoms with Crippen molar-refractivity contribution in [1.29, 1.82) is 0 Å². The van der Waals surface area contributed by atoms with Gasteiger partial charge in [-0.05, 0) is 73.2 Å². The lowest BCUT2D eigenvalue weighted by molar-refractivity contribution is 0.0376. The number of urea groups is 1. The van der Waals surface area contributed by atoms with Crippen molar-refractivity contribution in [3.8, 4) is 11.5 Å². The summed E-state index contributed by atoms with van der Waals surface area (Å²) in [5.41, 5.74) is 4.22. The van der Waals surface area contributed by atoms with Gasteiger partial charge in [0, 0.05) is 36.7 Å². The van der Waals surface area contributed by atoms with Gasteiger partial charge >= 0.3 is 6.03 Å². The van der Waals surface area contributed by atoms with E-state index in [2.05, 4.69) is 4.98 Å². The van der Waals surface area contributed by atoms with Crippen LogP contribution in [-0.2, 0) is 17.6 Å². The predicted octanol–water partition coefficient (Wildman–Crippen LogP) is 4.70. The number of aryl methyl sites for hydroxylation is 1. The van der Waals surface area contributed by atoms with Crippen LogP contribution in [0.5, 0.6) is 11.5 Å². The lowest BCUT2D eigenvalue weighted by Gasteiger charge is -2.41. The number of hydrogen-bond donors (Lipinski definition) is 1. The number of nitrogens with one attached hydrogen (secondary N) is 1. The maximum atomic E-state index is 13.9. The second-order valence-electron chi connectivity index (χ2n) is 9.02. The maximum absolute atomic E-state index is 13.9. The molecule has 7 nitrogen and oxygen atoms in total. The number of halogens is 1. The van der Waals surface area contributed by atoms with Crippen LogP contribution in [0, 0.1) is 5.82 Å². The van der Waals surface area contributed by atoms with Crippen molar-refractivity contribution in [2.45, 2.75) is 32.2 Å². The smallest absolute Gasteiger partial charge is 0.320 e. The van der Waals surface area contributed by atoms with E-state index < -0.39 is 0 Å². The van der Waals surface area contributed by atoms with Gasteiger partial charge in [-0.2, -0.15) is 0 Å². The molecular weight excluding hydrogens is 449 g/mol. The van der Waals surface area contributed by atoms with Gasteiger partial charge in [-0.1, -0.05) is 0 Å². The van der Waals surface area contributed by atoms with Crippen molar-refractivity contribution in [3.63, 3.8) is 0 Å². The molecule has 8 heteroatoms. The third-order valence-corrected chi connectivity index (χ3v) is 7.03. The molecule has 186 valence electrons. The molecule has 1 saturated heterocycles. The standard InChI is InChI=1S/C27H32FN3O4/c1-3-35-26-16-22-18(14-25(26)33-2)8-9-31(27(32)30-10-12-34-13-11-30)24(22)7-4-19-17-29-23-6-5-20(28)15-21(19)23/h5-6,14-17,24,29H,3-4,7-13H2,1-2H3. The van der Waals surface area contributed by atoms with E-state index in [-0.39, 0.29) is 17.9 Å². The minimum atomic E-state index is -0.251. The van der Waals surface area contributed by atoms with Crippen molar-refractivity contribution in [1.82, 2.24) is 14.8 Å². The number of ether oxygens (including phenoxy) is 3. The summed E-state index contributed by atoms with van der Waals surface area (Å²) in [6.45, 7) is 5.43. The van der Waals surface area contributed by atoms with Gasteiger partial charge < -0.3 is 29.0 Å². The van der Waals surface area contributed by atoms with Gasteiger partial charge in [0.05, 0.1) is 33.0 Å². The highest BCUT2D eigenvalue weighted by Crippen LogP contribution is 2.41. The molecule has 2 amide bonds. The van der Waals surface area contributed by atoms with Crippen LogP contribution in [0.2, 0.25) is 0 Å². The van der Waals surface area contributed by atoms with Gasteiger partial charge in [0.25, 0.3) is 0 Å². The Morgan fingerprint density at radius 1 is 1.17 bits per heavy atom. The Hall–Kier alpha value is -3.26. The van der Waals surface area contributed by atoms with E-state index in [0.29, 0.717) is 63.8 Å². The predicted molar refractivity (Wildman–Crippen MR) is 132 cm³/mol. The molecule has 0 saturated carbocycles. The largest absolute Gasteiger partial charge is 0.493 e. The summed E-state index contributed by atoms with van der Waals surface area (Å²) < 4.78 is 30.9. The van der Waals surface area contributed by atoms with Crippen LogP contribution in [0.3, 0.4) is 0 Å². The van der Waals surface area contributed by atoms with Crippen molar-refractivity contribution in [2.75, 3.05) is 46.6 Å². The first kappa shape index (κ1) is 23.5. The molecule has 35 heavy (non-hydrogen) atoms. The number of aromatic amines is 1. The lowest BCUT2D eigenvalue weighted by Crippen LogP contribution is -2.51. The zero-order valence-corrected chi connectivity index (χ0v) is 20.3. The number of methoxy groups -OCH3 is 1. The van der Waals surface area contributed by atoms with E-state index in [1.807, 2.05) is 35.1 Å². The Kier molecular flexibility index (Phi) is 6.81. The number of fused-ring (bicyclic) bond motifs is 2. The molecule has 0 radical (unpaired) electrons. The van der Waals surface area contributed by atoms with Gasteiger partial charge in [-0.3, -0.25) is 0 Å². The topological polar surface area (TPSA) is 67.0 Å². The van der Waals surface area contributed by atoms with Crippen molar-refractivity contribution in [2.24, 2.45) is 0 Å². The third kappa shape index (κ3) is 4.67. The van der Waals surface area contributed by atoms with Crippen molar-refractivity contribution < 1.29 is 23.4 Å². The molecule has 1 atom stereocenters. The van der Waals surface area contributed by atoms with Crippen LogP contribution in [0.25, 0.3) is 10.9 Å². The zero-order valence-electron chi connectivity index (χ0n) is 20.3. The van der Waals surface area contributed by atoms with Crippen LogP contribution in [0.4, 0.5) is 9.18 Å². The van der Waals surface area contributed by atoms with Crippen molar-refractivity contribution in [3.05, 3.63) is 59.0 Å². The molecule has 1 fully saturated rings. The maximum Gasteiger partial charge on any atom is 0.320 e. The molecule has 3 aromatic rings. The number of rotatable bonds is 6. The molecule has 5 rings (SSSR count). The molecule has 3 heterocycles. The first-order valence-corrected chi connectivity index (χ1v) is 12.3. The molecular formula is C27H32FN3O4. The van der Waals surface area contributed by atoms with Crippen LogP contribution >= 0.6 is 0 Å². The number of benzene rings is 2. The van der Waals surface area contributed by atoms with Gasteiger partial charge in [-0.25, -0.2) is 9.18 Å². The molecule has 2 aliphatic heterocycles. The second-order valence-corrected chi connectivity index (χ2v) is 9.02. The van der Waals surface area contributed by atoms with Gasteiger partial charge in [-0.15, -0.1) is 0 Å². The highest BCUT2D eigenvalue weighted by Gasteiger charge is 2.34. The monoisotopic (exact) mass is 481 g/mol. The summed E-state index contributed by atoms with van der Waals surface area (Å²) in [4.78, 5) is 20.7. The Morgan fingerprint density at radius 3 is 2.77 bits per heavy atom. The average molecular weight is 482 g/mol. The summed E-state index contributed by atoms with van der Waals surface area (Å²) in [7, 11) is 1.65. The van der Waals surface area contributed by atoms with Gasteiger partial charge in [0.15, 0.2) is 11.5 Å². The highest BCUT2D eigenvalue weighted by molar-refractivity contribution is 5.83. The molecule has 2 aromatic carbocycles. The highest BCUT2D eigenvalue weighted by atomic mass is 19.1. The minimum Gasteiger partial charge on any atom is -0.493 e. The normalized spacial score (nSPS) is 18.0. The summed E-state index contributed by atoms with van der Waals surface area (Å²) in [5, 5.41) is 0.886. The summed E-state index contributed by atoms with van der Waals surface area (Å²) >= 11 is 0. The Bertz CT molecular complexity index is 1200. The van der Waals surface area contributed by atoms with Crippen molar-refractivity contribution >= 4 is 16.9 Å². The average Bonchev–Trinajstić information content (AvgIpc) is 3.29. The van der Waals surface area contributed by atoms with Crippen LogP contribution in [-0.4, -0.2) is 67.4 Å². The lowest BCUT2D eigenvalue weighted by atomic mass is 9.88. The van der Waals surface area contributed by atoms with E-state index in [9.17, 15) is 9.18 Å². The minimum absolute atomic E-state index is 0.0442. The first-order chi connectivity index (χ1) is 17.1. The summed E-state index contributed by atoms with van der Waals surface area (Å²) in [5.74, 6) is 1.15. The molecule has 0 spiro atoms. The number of morpholine rings is 1. The number of carbonyl (C=O) groups excluding carboxylic acids is 1. The van der Waals surface area contributed by atoms with Gasteiger partial charge in [0.2, 0.25) is 0 Å². The van der Waals surface area contributed by atoms with Gasteiger partial charge in [0.1, 0.15) is 5.82 Å². The molecule has 1 unspecified atom stereocenters. The number of carbonyl (C=O) groups is 1. The number of aromatic nitrogens is 1. The van der Waals surface area contributed by atoms with E-state index >= 15 is 0 Å². The van der Waals surface area contributed by atoms with E-state index in [4.69, 9.17) is 14.2 Å². The fraction of sp³-hybridized carbons (Fsp3) is 0.444. The number of hydrogen-bond acceptors (Lipinski definition) is 4. The quantitative estimate of drug-likeness (QED) is 0.554. The summed E-state index contributed by atoms with van der Waals surface area (Å²) in [6, 6.07) is 8.80.